The van der Waals surface area contributed by atoms with Gasteiger partial charge in [-0.1, -0.05) is 27.7 Å². The molecule has 0 aromatic carbocycles. The molecule has 1 rings (SSSR count). The van der Waals surface area contributed by atoms with Gasteiger partial charge < -0.3 is 0 Å². The van der Waals surface area contributed by atoms with Crippen LogP contribution in [-0.2, 0) is 4.79 Å². The Balaban J connectivity index is 2.72. The summed E-state index contributed by atoms with van der Waals surface area (Å²) in [5.74, 6) is 0.220. The Morgan fingerprint density at radius 3 is 2.08 bits per heavy atom. The zero-order chi connectivity index (χ0) is 10.2. The van der Waals surface area contributed by atoms with Crippen LogP contribution in [0.25, 0.3) is 0 Å². The Bertz CT molecular complexity index is 204. The summed E-state index contributed by atoms with van der Waals surface area (Å²) in [6.45, 7) is 7.87. The van der Waals surface area contributed by atoms with Crippen LogP contribution in [0.15, 0.2) is 0 Å². The molecule has 0 spiro atoms. The molecule has 0 saturated carbocycles. The van der Waals surface area contributed by atoms with Crippen LogP contribution in [-0.4, -0.2) is 28.4 Å². The number of nitrogens with zero attached hydrogens (tertiary/aromatic N) is 1. The molecule has 1 saturated heterocycles. The van der Waals surface area contributed by atoms with E-state index in [1.54, 1.807) is 0 Å². The van der Waals surface area contributed by atoms with Gasteiger partial charge in [0.1, 0.15) is 6.17 Å². The Morgan fingerprint density at radius 1 is 1.31 bits per heavy atom. The molecule has 4 nitrogen and oxygen atoms in total. The van der Waals surface area contributed by atoms with Gasteiger partial charge in [0.05, 0.1) is 6.04 Å². The molecule has 13 heavy (non-hydrogen) atoms. The van der Waals surface area contributed by atoms with E-state index >= 15 is 0 Å². The van der Waals surface area contributed by atoms with Crippen molar-refractivity contribution in [2.75, 3.05) is 0 Å². The molecule has 2 unspecified atom stereocenters. The molecule has 76 valence electrons. The monoisotopic (exact) mass is 186 g/mol. The molecule has 0 aliphatic carbocycles. The van der Waals surface area contributed by atoms with E-state index in [4.69, 9.17) is 0 Å². The van der Waals surface area contributed by atoms with Gasteiger partial charge in [0.15, 0.2) is 0 Å². The van der Waals surface area contributed by atoms with E-state index in [0.29, 0.717) is 0 Å². The smallest absolute Gasteiger partial charge is 0.264 e. The van der Waals surface area contributed by atoms with Crippen molar-refractivity contribution in [3.8, 4) is 0 Å². The maximum Gasteiger partial charge on any atom is 0.264 e. The van der Waals surface area contributed by atoms with E-state index in [1.807, 2.05) is 27.7 Å². The van der Waals surface area contributed by atoms with Gasteiger partial charge in [-0.3, -0.25) is 15.3 Å². The molecule has 0 radical (unpaired) electrons. The Labute approximate surface area is 78.9 Å². The number of hydrogen-bond donors (Lipinski definition) is 2. The van der Waals surface area contributed by atoms with Crippen LogP contribution in [0.5, 0.6) is 0 Å². The molecule has 0 aromatic heterocycles. The topological polar surface area (TPSA) is 52.6 Å². The van der Waals surface area contributed by atoms with Gasteiger partial charge in [-0.2, -0.15) is 0 Å². The molecule has 1 heterocycles. The zero-order valence-electron chi connectivity index (χ0n) is 8.61. The van der Waals surface area contributed by atoms with E-state index < -0.39 is 0 Å². The number of hydroxylamine groups is 2. The van der Waals surface area contributed by atoms with Crippen LogP contribution in [0.1, 0.15) is 27.7 Å². The second kappa shape index (κ2) is 3.64. The minimum Gasteiger partial charge on any atom is -0.284 e. The average molecular weight is 186 g/mol. The highest BCUT2D eigenvalue weighted by Gasteiger charge is 2.40. The molecule has 0 bridgehead atoms. The number of hydrogen-bond acceptors (Lipinski definition) is 3. The largest absolute Gasteiger partial charge is 0.284 e. The van der Waals surface area contributed by atoms with Gasteiger partial charge in [0.2, 0.25) is 0 Å². The molecule has 1 fully saturated rings. The van der Waals surface area contributed by atoms with Crippen LogP contribution in [0, 0.1) is 11.8 Å². The first-order chi connectivity index (χ1) is 5.95. The van der Waals surface area contributed by atoms with E-state index in [0.717, 1.165) is 5.06 Å². The molecular formula is C9H18N2O2. The normalized spacial score (nSPS) is 29.5. The van der Waals surface area contributed by atoms with Crippen molar-refractivity contribution in [3.05, 3.63) is 0 Å². The average Bonchev–Trinajstić information content (AvgIpc) is 2.29. The second-order valence-corrected chi connectivity index (χ2v) is 4.26. The van der Waals surface area contributed by atoms with Crippen LogP contribution < -0.4 is 5.32 Å². The third kappa shape index (κ3) is 1.84. The van der Waals surface area contributed by atoms with Crippen molar-refractivity contribution in [3.63, 3.8) is 0 Å². The summed E-state index contributed by atoms with van der Waals surface area (Å²) in [7, 11) is 0. The number of nitrogens with one attached hydrogen (secondary N) is 1. The van der Waals surface area contributed by atoms with Gasteiger partial charge in [0.25, 0.3) is 5.91 Å². The second-order valence-electron chi connectivity index (χ2n) is 4.26. The lowest BCUT2D eigenvalue weighted by atomic mass is 10.1. The van der Waals surface area contributed by atoms with Gasteiger partial charge in [-0.15, -0.1) is 0 Å². The first-order valence-corrected chi connectivity index (χ1v) is 4.73. The zero-order valence-corrected chi connectivity index (χ0v) is 8.61. The minimum atomic E-state index is -0.239. The highest BCUT2D eigenvalue weighted by Crippen LogP contribution is 2.19. The number of rotatable bonds is 2. The van der Waals surface area contributed by atoms with Crippen molar-refractivity contribution < 1.29 is 10.0 Å². The first kappa shape index (κ1) is 10.5. The number of amides is 1. The van der Waals surface area contributed by atoms with Gasteiger partial charge >= 0.3 is 0 Å². The highest BCUT2D eigenvalue weighted by molar-refractivity contribution is 5.83. The van der Waals surface area contributed by atoms with E-state index in [-0.39, 0.29) is 30.0 Å². The van der Waals surface area contributed by atoms with Crippen molar-refractivity contribution in [1.29, 1.82) is 0 Å². The summed E-state index contributed by atoms with van der Waals surface area (Å²) in [4.78, 5) is 11.5. The molecule has 1 amide bonds. The van der Waals surface area contributed by atoms with Crippen molar-refractivity contribution in [2.24, 2.45) is 11.8 Å². The lowest BCUT2D eigenvalue weighted by Gasteiger charge is -2.20. The predicted octanol–water partition coefficient (Wildman–Crippen LogP) is 0.814. The van der Waals surface area contributed by atoms with Crippen molar-refractivity contribution in [2.45, 2.75) is 39.9 Å². The van der Waals surface area contributed by atoms with Crippen LogP contribution in [0.3, 0.4) is 0 Å². The molecule has 0 aromatic rings. The summed E-state index contributed by atoms with van der Waals surface area (Å²) in [6.07, 6.45) is -0.236. The quantitative estimate of drug-likeness (QED) is 0.628. The van der Waals surface area contributed by atoms with Crippen LogP contribution >= 0.6 is 0 Å². The summed E-state index contributed by atoms with van der Waals surface area (Å²) in [5, 5.41) is 13.4. The number of carbonyl (C=O) groups is 1. The SMILES string of the molecule is CC(C)C1NC(C(C)C)N(O)C1=O. The summed E-state index contributed by atoms with van der Waals surface area (Å²) < 4.78 is 0. The lowest BCUT2D eigenvalue weighted by Crippen LogP contribution is -2.40. The maximum atomic E-state index is 11.5. The van der Waals surface area contributed by atoms with E-state index in [1.165, 1.54) is 0 Å². The third-order valence-electron chi connectivity index (χ3n) is 2.40. The van der Waals surface area contributed by atoms with E-state index in [2.05, 4.69) is 5.32 Å². The standard InChI is InChI=1S/C9H18N2O2/c1-5(2)7-9(12)11(13)8(10-7)6(3)4/h5-8,10,13H,1-4H3. The van der Waals surface area contributed by atoms with Crippen LogP contribution in [0.2, 0.25) is 0 Å². The molecule has 1 aliphatic heterocycles. The first-order valence-electron chi connectivity index (χ1n) is 4.73. The van der Waals surface area contributed by atoms with Crippen molar-refractivity contribution >= 4 is 5.91 Å². The highest BCUT2D eigenvalue weighted by atomic mass is 16.5. The third-order valence-corrected chi connectivity index (χ3v) is 2.40. The fourth-order valence-electron chi connectivity index (χ4n) is 1.56. The van der Waals surface area contributed by atoms with Gasteiger partial charge in [-0.05, 0) is 11.8 Å². The van der Waals surface area contributed by atoms with Crippen LogP contribution in [0.4, 0.5) is 0 Å². The number of carbonyl (C=O) groups excluding carboxylic acids is 1. The van der Waals surface area contributed by atoms with E-state index in [9.17, 15) is 10.0 Å². The molecule has 4 heteroatoms. The van der Waals surface area contributed by atoms with Gasteiger partial charge in [0, 0.05) is 0 Å². The lowest BCUT2D eigenvalue weighted by molar-refractivity contribution is -0.170. The molecule has 2 atom stereocenters. The fraction of sp³-hybridized carbons (Fsp3) is 0.889. The molecular weight excluding hydrogens is 168 g/mol. The summed E-state index contributed by atoms with van der Waals surface area (Å²) in [5.41, 5.74) is 0. The summed E-state index contributed by atoms with van der Waals surface area (Å²) in [6, 6.07) is -0.239. The maximum absolute atomic E-state index is 11.5. The molecule has 2 N–H and O–H groups in total. The van der Waals surface area contributed by atoms with Gasteiger partial charge in [-0.25, -0.2) is 5.06 Å². The molecule has 1 aliphatic rings. The minimum absolute atomic E-state index is 0.214. The Kier molecular flexibility index (Phi) is 2.93. The fourth-order valence-corrected chi connectivity index (χ4v) is 1.56. The Hall–Kier alpha value is -0.610. The Morgan fingerprint density at radius 2 is 1.85 bits per heavy atom. The predicted molar refractivity (Wildman–Crippen MR) is 49.0 cm³/mol. The summed E-state index contributed by atoms with van der Waals surface area (Å²) >= 11 is 0. The van der Waals surface area contributed by atoms with Crippen molar-refractivity contribution in [1.82, 2.24) is 10.4 Å².